The molecule has 1 amide bonds. The molecular weight excluding hydrogens is 327 g/mol. The van der Waals surface area contributed by atoms with E-state index in [4.69, 9.17) is 23.2 Å². The molecule has 0 aromatic heterocycles. The summed E-state index contributed by atoms with van der Waals surface area (Å²) in [4.78, 5) is 24.3. The van der Waals surface area contributed by atoms with Crippen molar-refractivity contribution in [3.63, 3.8) is 0 Å². The number of carbonyl (C=O) groups is 1. The molecule has 0 spiro atoms. The Morgan fingerprint density at radius 1 is 1.23 bits per heavy atom. The number of carbonyl (C=O) groups excluding carboxylic acids is 1. The van der Waals surface area contributed by atoms with Crippen LogP contribution >= 0.6 is 23.2 Å². The van der Waals surface area contributed by atoms with Crippen LogP contribution in [-0.2, 0) is 6.54 Å². The normalized spacial score (nSPS) is 10.3. The third kappa shape index (κ3) is 3.55. The summed E-state index contributed by atoms with van der Waals surface area (Å²) in [5.41, 5.74) is 0.434. The molecule has 0 radical (unpaired) electrons. The van der Waals surface area contributed by atoms with Gasteiger partial charge in [-0.3, -0.25) is 14.9 Å². The molecule has 0 bridgehead atoms. The van der Waals surface area contributed by atoms with E-state index < -0.39 is 10.8 Å². The summed E-state index contributed by atoms with van der Waals surface area (Å²) >= 11 is 11.8. The van der Waals surface area contributed by atoms with Gasteiger partial charge in [-0.1, -0.05) is 41.4 Å². The van der Waals surface area contributed by atoms with E-state index in [1.807, 2.05) is 6.07 Å². The molecule has 0 aliphatic heterocycles. The standard InChI is InChI=1S/C15H12Cl2N2O3/c1-18(9-10-4-2-3-5-13(10)17)15(20)12-7-6-11(16)8-14(12)19(21)22/h2-8H,9H2,1H3. The molecule has 5 nitrogen and oxygen atoms in total. The highest BCUT2D eigenvalue weighted by atomic mass is 35.5. The minimum atomic E-state index is -0.623. The highest BCUT2D eigenvalue weighted by Crippen LogP contribution is 2.25. The molecule has 0 unspecified atom stereocenters. The summed E-state index contributed by atoms with van der Waals surface area (Å²) in [6.45, 7) is 0.248. The zero-order chi connectivity index (χ0) is 16.3. The zero-order valence-corrected chi connectivity index (χ0v) is 13.1. The minimum Gasteiger partial charge on any atom is -0.337 e. The van der Waals surface area contributed by atoms with Gasteiger partial charge in [0, 0.05) is 29.7 Å². The summed E-state index contributed by atoms with van der Waals surface area (Å²) in [7, 11) is 1.56. The zero-order valence-electron chi connectivity index (χ0n) is 11.6. The van der Waals surface area contributed by atoms with Gasteiger partial charge in [-0.05, 0) is 23.8 Å². The van der Waals surface area contributed by atoms with Crippen molar-refractivity contribution in [1.29, 1.82) is 0 Å². The highest BCUT2D eigenvalue weighted by Gasteiger charge is 2.23. The first-order valence-corrected chi connectivity index (χ1v) is 7.08. The minimum absolute atomic E-state index is 0.0102. The van der Waals surface area contributed by atoms with Gasteiger partial charge in [0.05, 0.1) is 4.92 Å². The van der Waals surface area contributed by atoms with Gasteiger partial charge in [0.15, 0.2) is 0 Å². The molecule has 0 atom stereocenters. The number of halogens is 2. The maximum absolute atomic E-state index is 12.4. The van der Waals surface area contributed by atoms with Gasteiger partial charge in [-0.25, -0.2) is 0 Å². The molecule has 0 aliphatic rings. The van der Waals surface area contributed by atoms with E-state index in [2.05, 4.69) is 0 Å². The van der Waals surface area contributed by atoms with Crippen LogP contribution in [0.15, 0.2) is 42.5 Å². The highest BCUT2D eigenvalue weighted by molar-refractivity contribution is 6.31. The lowest BCUT2D eigenvalue weighted by atomic mass is 10.1. The first-order chi connectivity index (χ1) is 10.4. The smallest absolute Gasteiger partial charge is 0.283 e. The largest absolute Gasteiger partial charge is 0.337 e. The lowest BCUT2D eigenvalue weighted by molar-refractivity contribution is -0.385. The average molecular weight is 339 g/mol. The molecule has 0 aliphatic carbocycles. The van der Waals surface area contributed by atoms with Gasteiger partial charge < -0.3 is 4.90 Å². The Balaban J connectivity index is 2.28. The predicted octanol–water partition coefficient (Wildman–Crippen LogP) is 4.17. The number of rotatable bonds is 4. The van der Waals surface area contributed by atoms with Crippen LogP contribution < -0.4 is 0 Å². The SMILES string of the molecule is CN(Cc1ccccc1Cl)C(=O)c1ccc(Cl)cc1[N+](=O)[O-]. The first kappa shape index (κ1) is 16.3. The van der Waals surface area contributed by atoms with Crippen LogP contribution in [0.4, 0.5) is 5.69 Å². The van der Waals surface area contributed by atoms with Crippen molar-refractivity contribution in [3.05, 3.63) is 73.8 Å². The molecule has 0 saturated heterocycles. The molecule has 0 heterocycles. The summed E-state index contributed by atoms with van der Waals surface area (Å²) in [6.07, 6.45) is 0. The molecule has 0 saturated carbocycles. The van der Waals surface area contributed by atoms with Gasteiger partial charge in [0.2, 0.25) is 0 Å². The maximum Gasteiger partial charge on any atom is 0.283 e. The molecular formula is C15H12Cl2N2O3. The summed E-state index contributed by atoms with van der Waals surface area (Å²) in [5.74, 6) is -0.469. The Bertz CT molecular complexity index is 734. The third-order valence-corrected chi connectivity index (χ3v) is 3.70. The van der Waals surface area contributed by atoms with Crippen molar-refractivity contribution in [2.45, 2.75) is 6.54 Å². The number of nitro benzene ring substituents is 1. The number of hydrogen-bond acceptors (Lipinski definition) is 3. The van der Waals surface area contributed by atoms with E-state index >= 15 is 0 Å². The number of benzene rings is 2. The van der Waals surface area contributed by atoms with Crippen LogP contribution in [0, 0.1) is 10.1 Å². The van der Waals surface area contributed by atoms with Gasteiger partial charge in [0.1, 0.15) is 5.56 Å². The molecule has 2 aromatic carbocycles. The van der Waals surface area contributed by atoms with Crippen molar-refractivity contribution >= 4 is 34.8 Å². The Morgan fingerprint density at radius 3 is 2.55 bits per heavy atom. The predicted molar refractivity (Wildman–Crippen MR) is 85.4 cm³/mol. The molecule has 2 aromatic rings. The van der Waals surface area contributed by atoms with Crippen molar-refractivity contribution in [2.75, 3.05) is 7.05 Å². The average Bonchev–Trinajstić information content (AvgIpc) is 2.48. The van der Waals surface area contributed by atoms with Crippen LogP contribution in [0.1, 0.15) is 15.9 Å². The monoisotopic (exact) mass is 338 g/mol. The molecule has 0 N–H and O–H groups in total. The fourth-order valence-electron chi connectivity index (χ4n) is 2.00. The molecule has 2 rings (SSSR count). The van der Waals surface area contributed by atoms with Gasteiger partial charge >= 0.3 is 0 Å². The van der Waals surface area contributed by atoms with Crippen molar-refractivity contribution < 1.29 is 9.72 Å². The summed E-state index contributed by atoms with van der Waals surface area (Å²) in [6, 6.07) is 11.1. The lowest BCUT2D eigenvalue weighted by Gasteiger charge is -2.18. The molecule has 114 valence electrons. The van der Waals surface area contributed by atoms with Crippen LogP contribution in [0.2, 0.25) is 10.0 Å². The van der Waals surface area contributed by atoms with E-state index in [-0.39, 0.29) is 22.8 Å². The summed E-state index contributed by atoms with van der Waals surface area (Å²) < 4.78 is 0. The Hall–Kier alpha value is -2.11. The van der Waals surface area contributed by atoms with Crippen molar-refractivity contribution in [3.8, 4) is 0 Å². The van der Waals surface area contributed by atoms with Crippen LogP contribution in [0.3, 0.4) is 0 Å². The fraction of sp³-hybridized carbons (Fsp3) is 0.133. The molecule has 22 heavy (non-hydrogen) atoms. The van der Waals surface area contributed by atoms with Crippen molar-refractivity contribution in [2.24, 2.45) is 0 Å². The fourth-order valence-corrected chi connectivity index (χ4v) is 2.36. The topological polar surface area (TPSA) is 63.5 Å². The second kappa shape index (κ2) is 6.77. The summed E-state index contributed by atoms with van der Waals surface area (Å²) in [5, 5.41) is 11.8. The molecule has 0 fully saturated rings. The van der Waals surface area contributed by atoms with E-state index in [1.54, 1.807) is 25.2 Å². The van der Waals surface area contributed by atoms with Crippen LogP contribution in [0.25, 0.3) is 0 Å². The van der Waals surface area contributed by atoms with Gasteiger partial charge in [-0.2, -0.15) is 0 Å². The van der Waals surface area contributed by atoms with Crippen LogP contribution in [-0.4, -0.2) is 22.8 Å². The van der Waals surface area contributed by atoms with E-state index in [9.17, 15) is 14.9 Å². The number of amides is 1. The quantitative estimate of drug-likeness (QED) is 0.620. The second-order valence-electron chi connectivity index (χ2n) is 4.67. The Kier molecular flexibility index (Phi) is 5.00. The Morgan fingerprint density at radius 2 is 1.91 bits per heavy atom. The number of nitro groups is 1. The first-order valence-electron chi connectivity index (χ1n) is 6.33. The van der Waals surface area contributed by atoms with E-state index in [0.29, 0.717) is 5.02 Å². The maximum atomic E-state index is 12.4. The van der Waals surface area contributed by atoms with Gasteiger partial charge in [-0.15, -0.1) is 0 Å². The van der Waals surface area contributed by atoms with E-state index in [1.165, 1.54) is 17.0 Å². The molecule has 7 heteroatoms. The van der Waals surface area contributed by atoms with E-state index in [0.717, 1.165) is 11.6 Å². The second-order valence-corrected chi connectivity index (χ2v) is 5.51. The Labute approximate surface area is 137 Å². The third-order valence-electron chi connectivity index (χ3n) is 3.10. The number of hydrogen-bond donors (Lipinski definition) is 0. The van der Waals surface area contributed by atoms with Crippen LogP contribution in [0.5, 0.6) is 0 Å². The van der Waals surface area contributed by atoms with Gasteiger partial charge in [0.25, 0.3) is 11.6 Å². The number of nitrogens with zero attached hydrogens (tertiary/aromatic N) is 2. The van der Waals surface area contributed by atoms with Crippen molar-refractivity contribution in [1.82, 2.24) is 4.90 Å². The lowest BCUT2D eigenvalue weighted by Crippen LogP contribution is -2.27.